The van der Waals surface area contributed by atoms with E-state index in [1.54, 1.807) is 0 Å². The van der Waals surface area contributed by atoms with Crippen LogP contribution in [0.4, 0.5) is 10.0 Å². The van der Waals surface area contributed by atoms with Gasteiger partial charge in [0.05, 0.1) is 10.0 Å². The number of thiophene rings is 1. The van der Waals surface area contributed by atoms with Gasteiger partial charge in [0, 0.05) is 18.7 Å². The van der Waals surface area contributed by atoms with Crippen molar-refractivity contribution >= 4 is 33.7 Å². The maximum absolute atomic E-state index is 5.93. The standard InChI is InChI=1S/C10H17N3S.ClH/c1-2-4-13-5-3-7-8(6-13)10(12)14-9(7)11;/h2-6,11-12H2,1H3;1H. The molecule has 0 bridgehead atoms. The SMILES string of the molecule is CCCN1CCc2c(N)sc(N)c2C1.Cl. The van der Waals surface area contributed by atoms with E-state index in [9.17, 15) is 0 Å². The number of anilines is 2. The van der Waals surface area contributed by atoms with Crippen molar-refractivity contribution < 1.29 is 0 Å². The summed E-state index contributed by atoms with van der Waals surface area (Å²) in [7, 11) is 0. The highest BCUT2D eigenvalue weighted by Crippen LogP contribution is 2.36. The molecule has 0 atom stereocenters. The van der Waals surface area contributed by atoms with Crippen molar-refractivity contribution in [3.05, 3.63) is 11.1 Å². The minimum absolute atomic E-state index is 0. The van der Waals surface area contributed by atoms with Crippen molar-refractivity contribution in [2.24, 2.45) is 0 Å². The van der Waals surface area contributed by atoms with Crippen LogP contribution in [0.2, 0.25) is 0 Å². The summed E-state index contributed by atoms with van der Waals surface area (Å²) in [6.45, 7) is 5.49. The summed E-state index contributed by atoms with van der Waals surface area (Å²) >= 11 is 1.53. The van der Waals surface area contributed by atoms with Gasteiger partial charge in [-0.3, -0.25) is 4.90 Å². The third-order valence-corrected chi connectivity index (χ3v) is 3.71. The molecule has 5 heteroatoms. The van der Waals surface area contributed by atoms with E-state index in [1.807, 2.05) is 0 Å². The Morgan fingerprint density at radius 1 is 1.27 bits per heavy atom. The number of fused-ring (bicyclic) bond motifs is 1. The summed E-state index contributed by atoms with van der Waals surface area (Å²) in [5.74, 6) is 0. The molecule has 0 aliphatic carbocycles. The Kier molecular flexibility index (Phi) is 4.25. The Labute approximate surface area is 101 Å². The second kappa shape index (κ2) is 5.05. The molecule has 0 saturated carbocycles. The molecule has 0 unspecified atom stereocenters. The summed E-state index contributed by atoms with van der Waals surface area (Å²) in [5.41, 5.74) is 14.4. The summed E-state index contributed by atoms with van der Waals surface area (Å²) in [6.07, 6.45) is 2.27. The van der Waals surface area contributed by atoms with Gasteiger partial charge in [0.1, 0.15) is 0 Å². The van der Waals surface area contributed by atoms with Gasteiger partial charge >= 0.3 is 0 Å². The van der Waals surface area contributed by atoms with Gasteiger partial charge < -0.3 is 11.5 Å². The van der Waals surface area contributed by atoms with Gasteiger partial charge in [-0.05, 0) is 24.9 Å². The van der Waals surface area contributed by atoms with Crippen molar-refractivity contribution in [3.8, 4) is 0 Å². The predicted octanol–water partition coefficient (Wildman–Crippen LogP) is 2.10. The van der Waals surface area contributed by atoms with Crippen LogP contribution in [0.5, 0.6) is 0 Å². The van der Waals surface area contributed by atoms with E-state index in [1.165, 1.54) is 28.9 Å². The van der Waals surface area contributed by atoms with Crippen LogP contribution in [-0.2, 0) is 13.0 Å². The van der Waals surface area contributed by atoms with E-state index in [0.717, 1.165) is 36.1 Å². The Morgan fingerprint density at radius 3 is 2.60 bits per heavy atom. The zero-order chi connectivity index (χ0) is 10.1. The van der Waals surface area contributed by atoms with E-state index < -0.39 is 0 Å². The Balaban J connectivity index is 0.00000112. The molecule has 1 aliphatic rings. The van der Waals surface area contributed by atoms with Gasteiger partial charge in [-0.1, -0.05) is 6.92 Å². The molecule has 0 amide bonds. The van der Waals surface area contributed by atoms with E-state index in [0.29, 0.717) is 0 Å². The summed E-state index contributed by atoms with van der Waals surface area (Å²) in [4.78, 5) is 2.45. The van der Waals surface area contributed by atoms with Crippen molar-refractivity contribution in [2.45, 2.75) is 26.3 Å². The van der Waals surface area contributed by atoms with E-state index >= 15 is 0 Å². The van der Waals surface area contributed by atoms with Crippen LogP contribution in [-0.4, -0.2) is 18.0 Å². The molecular weight excluding hydrogens is 230 g/mol. The molecule has 0 saturated heterocycles. The van der Waals surface area contributed by atoms with Crippen LogP contribution in [0, 0.1) is 0 Å². The largest absolute Gasteiger partial charge is 0.390 e. The second-order valence-electron chi connectivity index (χ2n) is 3.81. The van der Waals surface area contributed by atoms with Gasteiger partial charge in [-0.25, -0.2) is 0 Å². The van der Waals surface area contributed by atoms with Crippen LogP contribution < -0.4 is 11.5 Å². The molecule has 86 valence electrons. The average Bonchev–Trinajstić information content (AvgIpc) is 2.43. The lowest BCUT2D eigenvalue weighted by molar-refractivity contribution is 0.256. The molecule has 2 rings (SSSR count). The zero-order valence-corrected chi connectivity index (χ0v) is 10.6. The van der Waals surface area contributed by atoms with Gasteiger partial charge in [-0.2, -0.15) is 0 Å². The first-order valence-corrected chi connectivity index (χ1v) is 5.91. The third-order valence-electron chi connectivity index (χ3n) is 2.78. The Hall–Kier alpha value is -0.450. The van der Waals surface area contributed by atoms with Crippen LogP contribution in [0.15, 0.2) is 0 Å². The number of hydrogen-bond donors (Lipinski definition) is 2. The normalized spacial score (nSPS) is 15.8. The lowest BCUT2D eigenvalue weighted by Crippen LogP contribution is -2.31. The topological polar surface area (TPSA) is 55.3 Å². The van der Waals surface area contributed by atoms with Crippen LogP contribution in [0.3, 0.4) is 0 Å². The molecule has 1 aliphatic heterocycles. The van der Waals surface area contributed by atoms with Crippen molar-refractivity contribution in [1.82, 2.24) is 4.90 Å². The Morgan fingerprint density at radius 2 is 1.93 bits per heavy atom. The number of hydrogen-bond acceptors (Lipinski definition) is 4. The van der Waals surface area contributed by atoms with Crippen LogP contribution >= 0.6 is 23.7 Å². The molecule has 4 N–H and O–H groups in total. The lowest BCUT2D eigenvalue weighted by Gasteiger charge is -2.26. The fourth-order valence-electron chi connectivity index (χ4n) is 2.07. The molecule has 0 aromatic carbocycles. The second-order valence-corrected chi connectivity index (χ2v) is 4.90. The Bertz CT molecular complexity index is 338. The van der Waals surface area contributed by atoms with E-state index in [-0.39, 0.29) is 12.4 Å². The van der Waals surface area contributed by atoms with Crippen molar-refractivity contribution in [2.75, 3.05) is 24.6 Å². The highest BCUT2D eigenvalue weighted by molar-refractivity contribution is 7.20. The molecule has 3 nitrogen and oxygen atoms in total. The first kappa shape index (κ1) is 12.6. The molecule has 0 fully saturated rings. The highest BCUT2D eigenvalue weighted by Gasteiger charge is 2.21. The van der Waals surface area contributed by atoms with Gasteiger partial charge in [0.25, 0.3) is 0 Å². The molecular formula is C10H18ClN3S. The van der Waals surface area contributed by atoms with Gasteiger partial charge in [0.2, 0.25) is 0 Å². The van der Waals surface area contributed by atoms with Gasteiger partial charge in [-0.15, -0.1) is 23.7 Å². The third kappa shape index (κ3) is 2.38. The monoisotopic (exact) mass is 247 g/mol. The number of halogens is 1. The smallest absolute Gasteiger partial charge is 0.0926 e. The minimum atomic E-state index is 0. The molecule has 1 aromatic heterocycles. The average molecular weight is 248 g/mol. The van der Waals surface area contributed by atoms with E-state index in [4.69, 9.17) is 11.5 Å². The molecule has 2 heterocycles. The number of nitrogens with two attached hydrogens (primary N) is 2. The predicted molar refractivity (Wildman–Crippen MR) is 69.7 cm³/mol. The quantitative estimate of drug-likeness (QED) is 0.842. The number of rotatable bonds is 2. The maximum atomic E-state index is 5.93. The van der Waals surface area contributed by atoms with E-state index in [2.05, 4.69) is 11.8 Å². The zero-order valence-electron chi connectivity index (χ0n) is 8.95. The lowest BCUT2D eigenvalue weighted by atomic mass is 10.0. The number of nitrogen functional groups attached to an aromatic ring is 2. The van der Waals surface area contributed by atoms with Crippen LogP contribution in [0.25, 0.3) is 0 Å². The summed E-state index contributed by atoms with van der Waals surface area (Å²) in [6, 6.07) is 0. The summed E-state index contributed by atoms with van der Waals surface area (Å²) in [5, 5.41) is 1.84. The van der Waals surface area contributed by atoms with Crippen molar-refractivity contribution in [3.63, 3.8) is 0 Å². The number of nitrogens with zero attached hydrogens (tertiary/aromatic N) is 1. The minimum Gasteiger partial charge on any atom is -0.390 e. The van der Waals surface area contributed by atoms with Crippen molar-refractivity contribution in [1.29, 1.82) is 0 Å². The molecule has 1 aromatic rings. The summed E-state index contributed by atoms with van der Waals surface area (Å²) < 4.78 is 0. The highest BCUT2D eigenvalue weighted by atomic mass is 35.5. The molecule has 0 spiro atoms. The molecule has 15 heavy (non-hydrogen) atoms. The maximum Gasteiger partial charge on any atom is 0.0926 e. The first-order chi connectivity index (χ1) is 6.72. The fourth-order valence-corrected chi connectivity index (χ4v) is 2.96. The first-order valence-electron chi connectivity index (χ1n) is 5.10. The van der Waals surface area contributed by atoms with Crippen LogP contribution in [0.1, 0.15) is 24.5 Å². The fraction of sp³-hybridized carbons (Fsp3) is 0.600. The molecule has 0 radical (unpaired) electrons. The van der Waals surface area contributed by atoms with Gasteiger partial charge in [0.15, 0.2) is 0 Å².